The molecule has 0 saturated carbocycles. The Bertz CT molecular complexity index is 951. The Hall–Kier alpha value is -2.46. The number of hydrogen-bond acceptors (Lipinski definition) is 3. The van der Waals surface area contributed by atoms with E-state index >= 15 is 0 Å². The van der Waals surface area contributed by atoms with Crippen molar-refractivity contribution >= 4 is 32.5 Å². The molecule has 4 aromatic rings. The van der Waals surface area contributed by atoms with Gasteiger partial charge in [0.2, 0.25) is 5.56 Å². The largest absolute Gasteiger partial charge is 0.322 e. The highest BCUT2D eigenvalue weighted by molar-refractivity contribution is 7.21. The highest BCUT2D eigenvalue weighted by Gasteiger charge is 2.10. The Morgan fingerprint density at radius 2 is 1.80 bits per heavy atom. The zero-order chi connectivity index (χ0) is 13.5. The summed E-state index contributed by atoms with van der Waals surface area (Å²) in [6.45, 7) is 0. The Morgan fingerprint density at radius 3 is 2.70 bits per heavy atom. The normalized spacial score (nSPS) is 11.2. The molecule has 4 rings (SSSR count). The van der Waals surface area contributed by atoms with Gasteiger partial charge in [0.15, 0.2) is 0 Å². The van der Waals surface area contributed by atoms with Crippen LogP contribution in [0.1, 0.15) is 0 Å². The third-order valence-corrected chi connectivity index (χ3v) is 4.34. The molecule has 2 heterocycles. The van der Waals surface area contributed by atoms with E-state index in [0.29, 0.717) is 0 Å². The lowest BCUT2D eigenvalue weighted by molar-refractivity contribution is 1.30. The first-order chi connectivity index (χ1) is 9.81. The molecule has 0 amide bonds. The predicted molar refractivity (Wildman–Crippen MR) is 83.2 cm³/mol. The smallest absolute Gasteiger partial charge is 0.249 e. The lowest BCUT2D eigenvalue weighted by Gasteiger charge is -2.02. The lowest BCUT2D eigenvalue weighted by atomic mass is 10.1. The van der Waals surface area contributed by atoms with Crippen LogP contribution in [0.4, 0.5) is 0 Å². The van der Waals surface area contributed by atoms with Gasteiger partial charge >= 0.3 is 0 Å². The first-order valence-corrected chi connectivity index (χ1v) is 7.11. The van der Waals surface area contributed by atoms with Gasteiger partial charge in [0.05, 0.1) is 10.2 Å². The summed E-state index contributed by atoms with van der Waals surface area (Å²) in [5.74, 6) is 0. The number of rotatable bonds is 1. The van der Waals surface area contributed by atoms with E-state index in [1.165, 1.54) is 0 Å². The third-order valence-electron chi connectivity index (χ3n) is 3.27. The molecular formula is C16H10N2OS. The Morgan fingerprint density at radius 1 is 1.00 bits per heavy atom. The molecule has 0 aliphatic carbocycles. The summed E-state index contributed by atoms with van der Waals surface area (Å²) >= 11 is 1.61. The van der Waals surface area contributed by atoms with Crippen molar-refractivity contribution in [1.82, 2.24) is 9.97 Å². The van der Waals surface area contributed by atoms with Gasteiger partial charge in [-0.2, -0.15) is 0 Å². The molecule has 1 N–H and O–H groups in total. The summed E-state index contributed by atoms with van der Waals surface area (Å²) in [5.41, 5.74) is 2.61. The quantitative estimate of drug-likeness (QED) is 0.575. The van der Waals surface area contributed by atoms with Gasteiger partial charge in [-0.15, -0.1) is 11.3 Å². The molecular weight excluding hydrogens is 268 g/mol. The molecule has 20 heavy (non-hydrogen) atoms. The van der Waals surface area contributed by atoms with E-state index in [0.717, 1.165) is 31.7 Å². The second-order valence-electron chi connectivity index (χ2n) is 4.58. The first kappa shape index (κ1) is 11.4. The van der Waals surface area contributed by atoms with Crippen molar-refractivity contribution in [2.75, 3.05) is 0 Å². The monoisotopic (exact) mass is 278 g/mol. The fraction of sp³-hybridized carbons (Fsp3) is 0. The fourth-order valence-corrected chi connectivity index (χ4v) is 3.36. The minimum absolute atomic E-state index is 0.0991. The number of aromatic amines is 1. The number of pyridine rings is 1. The second-order valence-corrected chi connectivity index (χ2v) is 5.61. The van der Waals surface area contributed by atoms with Gasteiger partial charge in [0.25, 0.3) is 0 Å². The maximum atomic E-state index is 11.8. The van der Waals surface area contributed by atoms with E-state index in [9.17, 15) is 4.79 Å². The van der Waals surface area contributed by atoms with Gasteiger partial charge in [-0.1, -0.05) is 30.3 Å². The summed E-state index contributed by atoms with van der Waals surface area (Å²) < 4.78 is 1.13. The van der Waals surface area contributed by atoms with Crippen molar-refractivity contribution < 1.29 is 0 Å². The zero-order valence-corrected chi connectivity index (χ0v) is 11.3. The topological polar surface area (TPSA) is 45.8 Å². The van der Waals surface area contributed by atoms with E-state index in [-0.39, 0.29) is 5.56 Å². The van der Waals surface area contributed by atoms with Crippen LogP contribution in [0.2, 0.25) is 0 Å². The van der Waals surface area contributed by atoms with Crippen LogP contribution in [-0.2, 0) is 0 Å². The Balaban J connectivity index is 2.08. The van der Waals surface area contributed by atoms with E-state index in [4.69, 9.17) is 0 Å². The number of para-hydroxylation sites is 2. The SMILES string of the molecule is O=c1cc(-c2nc3ccccc3s2)c2ccccc2[nH]1. The first-order valence-electron chi connectivity index (χ1n) is 6.29. The maximum absolute atomic E-state index is 11.8. The summed E-state index contributed by atoms with van der Waals surface area (Å²) in [5, 5.41) is 1.90. The number of fused-ring (bicyclic) bond motifs is 2. The van der Waals surface area contributed by atoms with Gasteiger partial charge in [0, 0.05) is 22.5 Å². The second kappa shape index (κ2) is 4.28. The number of hydrogen-bond donors (Lipinski definition) is 1. The van der Waals surface area contributed by atoms with E-state index in [2.05, 4.69) is 9.97 Å². The number of nitrogens with zero attached hydrogens (tertiary/aromatic N) is 1. The molecule has 0 bridgehead atoms. The highest BCUT2D eigenvalue weighted by atomic mass is 32.1. The van der Waals surface area contributed by atoms with Gasteiger partial charge in [-0.3, -0.25) is 4.79 Å². The summed E-state index contributed by atoms with van der Waals surface area (Å²) in [6, 6.07) is 17.4. The van der Waals surface area contributed by atoms with Crippen molar-refractivity contribution in [1.29, 1.82) is 0 Å². The fourth-order valence-electron chi connectivity index (χ4n) is 2.37. The molecule has 0 unspecified atom stereocenters. The van der Waals surface area contributed by atoms with Crippen LogP contribution in [0.15, 0.2) is 59.4 Å². The molecule has 0 radical (unpaired) electrons. The number of benzene rings is 2. The Labute approximate surface area is 118 Å². The number of H-pyrrole nitrogens is 1. The summed E-state index contributed by atoms with van der Waals surface area (Å²) in [4.78, 5) is 19.3. The van der Waals surface area contributed by atoms with E-state index in [1.54, 1.807) is 17.4 Å². The summed E-state index contributed by atoms with van der Waals surface area (Å²) in [7, 11) is 0. The van der Waals surface area contributed by atoms with Gasteiger partial charge < -0.3 is 4.98 Å². The van der Waals surface area contributed by atoms with Crippen LogP contribution in [0.25, 0.3) is 31.7 Å². The molecule has 0 atom stereocenters. The van der Waals surface area contributed by atoms with Crippen LogP contribution < -0.4 is 5.56 Å². The third kappa shape index (κ3) is 1.73. The van der Waals surface area contributed by atoms with E-state index in [1.807, 2.05) is 48.5 Å². The molecule has 4 heteroatoms. The van der Waals surface area contributed by atoms with Crippen LogP contribution in [0.5, 0.6) is 0 Å². The summed E-state index contributed by atoms with van der Waals surface area (Å²) in [6.07, 6.45) is 0. The molecule has 0 saturated heterocycles. The van der Waals surface area contributed by atoms with Crippen LogP contribution in [0.3, 0.4) is 0 Å². The number of thiazole rings is 1. The molecule has 0 spiro atoms. The minimum Gasteiger partial charge on any atom is -0.322 e. The average Bonchev–Trinajstić information content (AvgIpc) is 2.90. The molecule has 2 aromatic carbocycles. The average molecular weight is 278 g/mol. The molecule has 96 valence electrons. The van der Waals surface area contributed by atoms with Crippen molar-refractivity contribution in [3.05, 3.63) is 65.0 Å². The van der Waals surface area contributed by atoms with Gasteiger partial charge in [-0.25, -0.2) is 4.98 Å². The molecule has 2 aromatic heterocycles. The van der Waals surface area contributed by atoms with Crippen LogP contribution in [0, 0.1) is 0 Å². The number of aromatic nitrogens is 2. The standard InChI is InChI=1S/C16H10N2OS/c19-15-9-11(10-5-1-2-6-12(10)17-15)16-18-13-7-3-4-8-14(13)20-16/h1-9H,(H,17,19). The van der Waals surface area contributed by atoms with Crippen LogP contribution >= 0.6 is 11.3 Å². The minimum atomic E-state index is -0.0991. The zero-order valence-electron chi connectivity index (χ0n) is 10.5. The van der Waals surface area contributed by atoms with Gasteiger partial charge in [-0.05, 0) is 18.2 Å². The maximum Gasteiger partial charge on any atom is 0.249 e. The van der Waals surface area contributed by atoms with E-state index < -0.39 is 0 Å². The van der Waals surface area contributed by atoms with Gasteiger partial charge in [0.1, 0.15) is 5.01 Å². The molecule has 0 aliphatic rings. The van der Waals surface area contributed by atoms with Crippen molar-refractivity contribution in [2.24, 2.45) is 0 Å². The number of nitrogens with one attached hydrogen (secondary N) is 1. The highest BCUT2D eigenvalue weighted by Crippen LogP contribution is 2.32. The van der Waals surface area contributed by atoms with Crippen molar-refractivity contribution in [3.63, 3.8) is 0 Å². The molecule has 0 fully saturated rings. The molecule has 0 aliphatic heterocycles. The van der Waals surface area contributed by atoms with Crippen molar-refractivity contribution in [2.45, 2.75) is 0 Å². The Kier molecular flexibility index (Phi) is 2.44. The van der Waals surface area contributed by atoms with Crippen LogP contribution in [-0.4, -0.2) is 9.97 Å². The van der Waals surface area contributed by atoms with Crippen molar-refractivity contribution in [3.8, 4) is 10.6 Å². The predicted octanol–water partition coefficient (Wildman–Crippen LogP) is 3.80. The molecule has 3 nitrogen and oxygen atoms in total. The lowest BCUT2D eigenvalue weighted by Crippen LogP contribution is -2.04.